The molecule has 0 spiro atoms. The summed E-state index contributed by atoms with van der Waals surface area (Å²) in [6.45, 7) is 6.83. The molecule has 12 heteroatoms. The Morgan fingerprint density at radius 2 is 1.58 bits per heavy atom. The van der Waals surface area contributed by atoms with Gasteiger partial charge in [-0.3, -0.25) is 24.6 Å². The lowest BCUT2D eigenvalue weighted by Gasteiger charge is -2.40. The molecule has 296 valence electrons. The number of fused-ring (bicyclic) bond motifs is 2. The third-order valence-corrected chi connectivity index (χ3v) is 12.7. The number of rotatable bonds is 8. The van der Waals surface area contributed by atoms with Gasteiger partial charge in [-0.05, 0) is 84.3 Å². The van der Waals surface area contributed by atoms with E-state index in [-0.39, 0.29) is 48.8 Å². The van der Waals surface area contributed by atoms with Crippen molar-refractivity contribution >= 4 is 29.1 Å². The van der Waals surface area contributed by atoms with Gasteiger partial charge in [0.15, 0.2) is 0 Å². The fourth-order valence-electron chi connectivity index (χ4n) is 9.57. The molecule has 5 heterocycles. The van der Waals surface area contributed by atoms with E-state index in [0.717, 1.165) is 68.2 Å². The minimum Gasteiger partial charge on any atom is -0.508 e. The van der Waals surface area contributed by atoms with E-state index >= 15 is 4.39 Å². The van der Waals surface area contributed by atoms with Gasteiger partial charge in [0.05, 0.1) is 19.4 Å². The molecule has 4 aromatic rings. The second-order valence-electron chi connectivity index (χ2n) is 16.1. The number of nitrogens with zero attached hydrogens (tertiary/aromatic N) is 4. The van der Waals surface area contributed by atoms with Crippen LogP contribution in [-0.2, 0) is 16.1 Å². The number of phenolic OH excluding ortho intramolecular Hbond substituents is 1. The van der Waals surface area contributed by atoms with Crippen molar-refractivity contribution in [3.8, 4) is 17.2 Å². The van der Waals surface area contributed by atoms with Crippen molar-refractivity contribution in [2.45, 2.75) is 50.1 Å². The number of methoxy groups -OCH3 is 1. The number of anilines is 2. The van der Waals surface area contributed by atoms with Crippen molar-refractivity contribution < 1.29 is 33.4 Å². The number of piperazine rings is 1. The van der Waals surface area contributed by atoms with Gasteiger partial charge in [-0.15, -0.1) is 0 Å². The van der Waals surface area contributed by atoms with Gasteiger partial charge in [0.25, 0.3) is 5.91 Å². The van der Waals surface area contributed by atoms with Crippen molar-refractivity contribution in [2.24, 2.45) is 5.92 Å². The first-order valence-electron chi connectivity index (χ1n) is 20.1. The van der Waals surface area contributed by atoms with Crippen LogP contribution in [-0.4, -0.2) is 98.2 Å². The fraction of sp³-hybridized carbons (Fsp3) is 0.400. The largest absolute Gasteiger partial charge is 0.508 e. The van der Waals surface area contributed by atoms with Crippen LogP contribution in [0.4, 0.5) is 15.8 Å². The SMILES string of the molecule is COc1ccc(C2COc3cc(O)ccc3C2c2ccc(N3CCC(CN4CCN(c5cc6c(cc5F)C(=O)N(C5CCC(=O)NC5=O)C6)CC4)CC3)cc2)cc1. The molecule has 0 bridgehead atoms. The smallest absolute Gasteiger partial charge is 0.255 e. The third-order valence-electron chi connectivity index (χ3n) is 12.7. The molecule has 9 rings (SSSR count). The molecule has 3 saturated heterocycles. The van der Waals surface area contributed by atoms with E-state index < -0.39 is 17.8 Å². The highest BCUT2D eigenvalue weighted by Crippen LogP contribution is 2.47. The third kappa shape index (κ3) is 7.27. The molecule has 5 aliphatic rings. The lowest BCUT2D eigenvalue weighted by Crippen LogP contribution is -2.52. The van der Waals surface area contributed by atoms with Crippen LogP contribution in [0.2, 0.25) is 0 Å². The van der Waals surface area contributed by atoms with Crippen LogP contribution in [0.25, 0.3) is 0 Å². The average Bonchev–Trinajstić information content (AvgIpc) is 3.54. The van der Waals surface area contributed by atoms with E-state index in [1.165, 1.54) is 27.8 Å². The molecule has 0 saturated carbocycles. The lowest BCUT2D eigenvalue weighted by atomic mass is 9.76. The standard InChI is InChI=1S/C45H48FN5O6/c1-56-34-9-4-29(5-10-34)37-27-57-41-23-33(52)8-11-35(41)43(37)30-2-6-32(7-3-30)49-16-14-28(15-17-49)25-48-18-20-50(21-19-48)40-22-31-26-51(45(55)36(31)24-38(40)46)39-12-13-42(53)47-44(39)54/h2-11,22-24,28,37,39,43,52H,12-21,25-27H2,1H3,(H,47,53,54). The first-order chi connectivity index (χ1) is 27.7. The quantitative estimate of drug-likeness (QED) is 0.220. The molecule has 0 aromatic heterocycles. The molecular formula is C45H48FN5O6. The van der Waals surface area contributed by atoms with Crippen LogP contribution in [0.3, 0.4) is 0 Å². The average molecular weight is 774 g/mol. The van der Waals surface area contributed by atoms with Crippen LogP contribution >= 0.6 is 0 Å². The number of piperidine rings is 2. The topological polar surface area (TPSA) is 115 Å². The molecule has 0 aliphatic carbocycles. The van der Waals surface area contributed by atoms with Gasteiger partial charge in [-0.2, -0.15) is 0 Å². The number of hydrogen-bond acceptors (Lipinski definition) is 9. The van der Waals surface area contributed by atoms with Crippen LogP contribution in [0.5, 0.6) is 17.2 Å². The summed E-state index contributed by atoms with van der Waals surface area (Å²) >= 11 is 0. The van der Waals surface area contributed by atoms with Crippen LogP contribution in [0, 0.1) is 11.7 Å². The Morgan fingerprint density at radius 1 is 0.842 bits per heavy atom. The number of carbonyl (C=O) groups excluding carboxylic acids is 3. The van der Waals surface area contributed by atoms with Crippen molar-refractivity contribution in [3.63, 3.8) is 0 Å². The normalized spacial score (nSPS) is 22.9. The molecule has 11 nitrogen and oxygen atoms in total. The Hall–Kier alpha value is -5.62. The summed E-state index contributed by atoms with van der Waals surface area (Å²) in [5, 5.41) is 12.5. The van der Waals surface area contributed by atoms with E-state index in [4.69, 9.17) is 9.47 Å². The highest BCUT2D eigenvalue weighted by molar-refractivity contribution is 6.05. The Labute approximate surface area is 331 Å². The summed E-state index contributed by atoms with van der Waals surface area (Å²) in [5.74, 6) is 0.931. The number of ether oxygens (including phenoxy) is 2. The van der Waals surface area contributed by atoms with Crippen LogP contribution < -0.4 is 24.6 Å². The number of nitrogens with one attached hydrogen (secondary N) is 1. The molecule has 3 amide bonds. The van der Waals surface area contributed by atoms with Gasteiger partial charge >= 0.3 is 0 Å². The Balaban J connectivity index is 0.794. The van der Waals surface area contributed by atoms with Crippen LogP contribution in [0.15, 0.2) is 78.9 Å². The Bertz CT molecular complexity index is 2160. The summed E-state index contributed by atoms with van der Waals surface area (Å²) < 4.78 is 27.1. The Kier molecular flexibility index (Phi) is 9.98. The van der Waals surface area contributed by atoms with Gasteiger partial charge in [0, 0.05) is 93.5 Å². The summed E-state index contributed by atoms with van der Waals surface area (Å²) in [6.07, 6.45) is 2.68. The number of carbonyl (C=O) groups is 3. The first-order valence-corrected chi connectivity index (χ1v) is 20.1. The van der Waals surface area contributed by atoms with Gasteiger partial charge < -0.3 is 29.3 Å². The molecule has 0 radical (unpaired) electrons. The van der Waals surface area contributed by atoms with Gasteiger partial charge in [0.2, 0.25) is 11.8 Å². The maximum absolute atomic E-state index is 15.5. The van der Waals surface area contributed by atoms with Crippen molar-refractivity contribution in [1.29, 1.82) is 0 Å². The number of imide groups is 1. The minimum atomic E-state index is -0.719. The number of aromatic hydroxyl groups is 1. The van der Waals surface area contributed by atoms with Gasteiger partial charge in [-0.1, -0.05) is 30.3 Å². The molecule has 2 N–H and O–H groups in total. The summed E-state index contributed by atoms with van der Waals surface area (Å²) in [5.41, 5.74) is 6.21. The fourth-order valence-corrected chi connectivity index (χ4v) is 9.57. The predicted octanol–water partition coefficient (Wildman–Crippen LogP) is 5.65. The zero-order chi connectivity index (χ0) is 39.2. The molecule has 5 aliphatic heterocycles. The van der Waals surface area contributed by atoms with E-state index in [1.807, 2.05) is 18.2 Å². The highest BCUT2D eigenvalue weighted by atomic mass is 19.1. The number of benzene rings is 4. The monoisotopic (exact) mass is 773 g/mol. The summed E-state index contributed by atoms with van der Waals surface area (Å²) in [6, 6.07) is 25.0. The second-order valence-corrected chi connectivity index (χ2v) is 16.1. The zero-order valence-electron chi connectivity index (χ0n) is 32.2. The maximum Gasteiger partial charge on any atom is 0.255 e. The van der Waals surface area contributed by atoms with Crippen molar-refractivity contribution in [1.82, 2.24) is 15.1 Å². The minimum absolute atomic E-state index is 0.0711. The number of amides is 3. The molecule has 3 unspecified atom stereocenters. The van der Waals surface area contributed by atoms with E-state index in [2.05, 4.69) is 56.4 Å². The van der Waals surface area contributed by atoms with Gasteiger partial charge in [-0.25, -0.2) is 4.39 Å². The summed E-state index contributed by atoms with van der Waals surface area (Å²) in [7, 11) is 1.67. The first kappa shape index (κ1) is 37.0. The molecule has 4 aromatic carbocycles. The number of phenols is 1. The zero-order valence-corrected chi connectivity index (χ0v) is 32.2. The lowest BCUT2D eigenvalue weighted by molar-refractivity contribution is -0.136. The van der Waals surface area contributed by atoms with Crippen molar-refractivity contribution in [2.75, 3.05) is 69.3 Å². The maximum atomic E-state index is 15.5. The summed E-state index contributed by atoms with van der Waals surface area (Å²) in [4.78, 5) is 45.7. The molecule has 3 fully saturated rings. The highest BCUT2D eigenvalue weighted by Gasteiger charge is 2.40. The molecule has 57 heavy (non-hydrogen) atoms. The second kappa shape index (κ2) is 15.4. The molecule has 3 atom stereocenters. The van der Waals surface area contributed by atoms with E-state index in [9.17, 15) is 19.5 Å². The predicted molar refractivity (Wildman–Crippen MR) is 214 cm³/mol. The molecular weight excluding hydrogens is 726 g/mol. The number of halogens is 1. The van der Waals surface area contributed by atoms with Crippen LogP contribution in [0.1, 0.15) is 70.1 Å². The van der Waals surface area contributed by atoms with Gasteiger partial charge in [0.1, 0.15) is 29.1 Å². The number of hydrogen-bond donors (Lipinski definition) is 2. The van der Waals surface area contributed by atoms with E-state index in [1.54, 1.807) is 25.3 Å². The van der Waals surface area contributed by atoms with E-state index in [0.29, 0.717) is 36.9 Å². The Morgan fingerprint density at radius 3 is 2.30 bits per heavy atom. The van der Waals surface area contributed by atoms with Crippen molar-refractivity contribution in [3.05, 3.63) is 112 Å².